The average molecular weight is 186 g/mol. The third kappa shape index (κ3) is 2.06. The molecule has 74 valence electrons. The zero-order chi connectivity index (χ0) is 9.97. The first-order valence-corrected chi connectivity index (χ1v) is 5.51. The Kier molecular flexibility index (Phi) is 2.72. The molecule has 14 heavy (non-hydrogen) atoms. The summed E-state index contributed by atoms with van der Waals surface area (Å²) in [6, 6.07) is 0. The first-order valence-electron chi connectivity index (χ1n) is 5.51. The molecule has 2 aliphatic rings. The smallest absolute Gasteiger partial charge is 0.0224 e. The van der Waals surface area contributed by atoms with Gasteiger partial charge in [-0.25, -0.2) is 0 Å². The van der Waals surface area contributed by atoms with Gasteiger partial charge in [0.25, 0.3) is 0 Å². The molecule has 0 amide bonds. The summed E-state index contributed by atoms with van der Waals surface area (Å²) in [5.41, 5.74) is 4.47. The largest absolute Gasteiger partial charge is 0.0808 e. The predicted octanol–water partition coefficient (Wildman–Crippen LogP) is 4.18. The van der Waals surface area contributed by atoms with E-state index in [1.54, 1.807) is 0 Å². The van der Waals surface area contributed by atoms with E-state index in [1.165, 1.54) is 36.0 Å². The summed E-state index contributed by atoms with van der Waals surface area (Å²) in [5.74, 6) is 0.722. The number of hydrogen-bond donors (Lipinski definition) is 0. The fraction of sp³-hybridized carbons (Fsp3) is 0.429. The quantitative estimate of drug-likeness (QED) is 0.576. The van der Waals surface area contributed by atoms with Crippen LogP contribution in [0.2, 0.25) is 0 Å². The van der Waals surface area contributed by atoms with Crippen molar-refractivity contribution in [2.75, 3.05) is 0 Å². The molecule has 2 aliphatic carbocycles. The van der Waals surface area contributed by atoms with Crippen LogP contribution in [-0.4, -0.2) is 0 Å². The molecule has 0 nitrogen and oxygen atoms in total. The fourth-order valence-corrected chi connectivity index (χ4v) is 1.95. The van der Waals surface area contributed by atoms with Gasteiger partial charge in [-0.1, -0.05) is 42.9 Å². The van der Waals surface area contributed by atoms with E-state index in [2.05, 4.69) is 44.2 Å². The molecule has 1 atom stereocenters. The van der Waals surface area contributed by atoms with Crippen molar-refractivity contribution in [2.24, 2.45) is 5.92 Å². The van der Waals surface area contributed by atoms with Crippen LogP contribution in [0.5, 0.6) is 0 Å². The van der Waals surface area contributed by atoms with Gasteiger partial charge in [0, 0.05) is 0 Å². The molecule has 0 N–H and O–H groups in total. The fourth-order valence-electron chi connectivity index (χ4n) is 1.95. The zero-order valence-corrected chi connectivity index (χ0v) is 9.09. The lowest BCUT2D eigenvalue weighted by molar-refractivity contribution is 0.729. The molecule has 0 spiro atoms. The van der Waals surface area contributed by atoms with Crippen LogP contribution >= 0.6 is 0 Å². The summed E-state index contributed by atoms with van der Waals surface area (Å²) in [4.78, 5) is 0. The van der Waals surface area contributed by atoms with Crippen LogP contribution in [0, 0.1) is 5.92 Å². The van der Waals surface area contributed by atoms with E-state index < -0.39 is 0 Å². The van der Waals surface area contributed by atoms with Crippen LogP contribution in [0.1, 0.15) is 33.1 Å². The Morgan fingerprint density at radius 2 is 2.07 bits per heavy atom. The molecular weight excluding hydrogens is 168 g/mol. The molecule has 0 bridgehead atoms. The van der Waals surface area contributed by atoms with Crippen LogP contribution in [0.15, 0.2) is 47.1 Å². The molecule has 0 fully saturated rings. The SMILES string of the molecule is CC1=CC=C(C2=CCC(C)C=C2)CC1. The first-order chi connectivity index (χ1) is 6.75. The highest BCUT2D eigenvalue weighted by molar-refractivity contribution is 5.45. The maximum Gasteiger partial charge on any atom is -0.0224 e. The summed E-state index contributed by atoms with van der Waals surface area (Å²) >= 11 is 0. The van der Waals surface area contributed by atoms with Crippen LogP contribution in [0.3, 0.4) is 0 Å². The minimum absolute atomic E-state index is 0.722. The second-order valence-electron chi connectivity index (χ2n) is 4.44. The van der Waals surface area contributed by atoms with E-state index in [4.69, 9.17) is 0 Å². The third-order valence-corrected chi connectivity index (χ3v) is 3.04. The van der Waals surface area contributed by atoms with Crippen molar-refractivity contribution in [3.05, 3.63) is 47.1 Å². The van der Waals surface area contributed by atoms with Gasteiger partial charge in [0.1, 0.15) is 0 Å². The maximum atomic E-state index is 2.38. The van der Waals surface area contributed by atoms with Gasteiger partial charge in [-0.3, -0.25) is 0 Å². The normalized spacial score (nSPS) is 26.7. The predicted molar refractivity (Wildman–Crippen MR) is 62.1 cm³/mol. The Morgan fingerprint density at radius 3 is 2.64 bits per heavy atom. The lowest BCUT2D eigenvalue weighted by atomic mass is 9.89. The Hall–Kier alpha value is -1.04. The molecule has 0 radical (unpaired) electrons. The Morgan fingerprint density at radius 1 is 1.21 bits per heavy atom. The molecule has 0 saturated heterocycles. The van der Waals surface area contributed by atoms with E-state index in [1.807, 2.05) is 0 Å². The van der Waals surface area contributed by atoms with E-state index >= 15 is 0 Å². The molecule has 0 saturated carbocycles. The van der Waals surface area contributed by atoms with Gasteiger partial charge in [-0.15, -0.1) is 0 Å². The van der Waals surface area contributed by atoms with E-state index in [-0.39, 0.29) is 0 Å². The highest BCUT2D eigenvalue weighted by atomic mass is 14.1. The van der Waals surface area contributed by atoms with Crippen molar-refractivity contribution >= 4 is 0 Å². The molecule has 0 aromatic heterocycles. The molecule has 0 aromatic carbocycles. The summed E-state index contributed by atoms with van der Waals surface area (Å²) in [7, 11) is 0. The van der Waals surface area contributed by atoms with E-state index in [0.29, 0.717) is 0 Å². The van der Waals surface area contributed by atoms with Gasteiger partial charge in [0.2, 0.25) is 0 Å². The van der Waals surface area contributed by atoms with Crippen LogP contribution < -0.4 is 0 Å². The van der Waals surface area contributed by atoms with Gasteiger partial charge >= 0.3 is 0 Å². The number of allylic oxidation sites excluding steroid dienone is 8. The average Bonchev–Trinajstić information content (AvgIpc) is 2.21. The number of rotatable bonds is 1. The number of hydrogen-bond acceptors (Lipinski definition) is 0. The van der Waals surface area contributed by atoms with Crippen molar-refractivity contribution in [3.8, 4) is 0 Å². The summed E-state index contributed by atoms with van der Waals surface area (Å²) in [5, 5.41) is 0. The minimum Gasteiger partial charge on any atom is -0.0808 e. The molecule has 0 heterocycles. The molecule has 0 aromatic rings. The van der Waals surface area contributed by atoms with E-state index in [9.17, 15) is 0 Å². The lowest BCUT2D eigenvalue weighted by Crippen LogP contribution is -1.99. The lowest BCUT2D eigenvalue weighted by Gasteiger charge is -2.17. The molecular formula is C14H18. The van der Waals surface area contributed by atoms with Gasteiger partial charge < -0.3 is 0 Å². The highest BCUT2D eigenvalue weighted by Crippen LogP contribution is 2.28. The standard InChI is InChI=1S/C14H18/c1-11-3-7-13(8-4-11)14-9-5-12(2)6-10-14/h3,5,7-9,11H,4,6,10H2,1-2H3. The van der Waals surface area contributed by atoms with Crippen LogP contribution in [0.4, 0.5) is 0 Å². The minimum atomic E-state index is 0.722. The summed E-state index contributed by atoms with van der Waals surface area (Å²) < 4.78 is 0. The van der Waals surface area contributed by atoms with E-state index in [0.717, 1.165) is 5.92 Å². The monoisotopic (exact) mass is 186 g/mol. The third-order valence-electron chi connectivity index (χ3n) is 3.04. The second kappa shape index (κ2) is 4.00. The van der Waals surface area contributed by atoms with Gasteiger partial charge in [0.15, 0.2) is 0 Å². The Bertz CT molecular complexity index is 337. The van der Waals surface area contributed by atoms with Crippen LogP contribution in [0.25, 0.3) is 0 Å². The molecule has 1 unspecified atom stereocenters. The summed E-state index contributed by atoms with van der Waals surface area (Å²) in [6.45, 7) is 4.48. The Balaban J connectivity index is 2.14. The zero-order valence-electron chi connectivity index (χ0n) is 9.09. The highest BCUT2D eigenvalue weighted by Gasteiger charge is 2.09. The van der Waals surface area contributed by atoms with Crippen molar-refractivity contribution in [1.82, 2.24) is 0 Å². The second-order valence-corrected chi connectivity index (χ2v) is 4.44. The first kappa shape index (κ1) is 9.51. The summed E-state index contributed by atoms with van der Waals surface area (Å²) in [6.07, 6.45) is 15.2. The van der Waals surface area contributed by atoms with Crippen molar-refractivity contribution in [1.29, 1.82) is 0 Å². The van der Waals surface area contributed by atoms with Crippen molar-refractivity contribution in [3.63, 3.8) is 0 Å². The molecule has 2 rings (SSSR count). The topological polar surface area (TPSA) is 0 Å². The van der Waals surface area contributed by atoms with Crippen molar-refractivity contribution < 1.29 is 0 Å². The van der Waals surface area contributed by atoms with Crippen molar-refractivity contribution in [2.45, 2.75) is 33.1 Å². The molecule has 0 aliphatic heterocycles. The van der Waals surface area contributed by atoms with Gasteiger partial charge in [-0.2, -0.15) is 0 Å². The molecule has 0 heteroatoms. The van der Waals surface area contributed by atoms with Gasteiger partial charge in [-0.05, 0) is 43.3 Å². The maximum absolute atomic E-state index is 2.38. The Labute approximate surface area is 86.7 Å². The van der Waals surface area contributed by atoms with Gasteiger partial charge in [0.05, 0.1) is 0 Å². The van der Waals surface area contributed by atoms with Crippen LogP contribution in [-0.2, 0) is 0 Å².